The normalized spacial score (nSPS) is 14.2. The molecule has 1 aliphatic rings. The first-order valence-electron chi connectivity index (χ1n) is 9.69. The quantitative estimate of drug-likeness (QED) is 0.708. The SMILES string of the molecule is CCOc1ccc(NC(=O)Cn2ncc3c(N4CCCCC4)ncnc32)cc1. The molecule has 28 heavy (non-hydrogen) atoms. The highest BCUT2D eigenvalue weighted by molar-refractivity contribution is 5.92. The average molecular weight is 380 g/mol. The van der Waals surface area contributed by atoms with Gasteiger partial charge in [-0.3, -0.25) is 4.79 Å². The number of ether oxygens (including phenoxy) is 1. The van der Waals surface area contributed by atoms with Crippen molar-refractivity contribution >= 4 is 28.4 Å². The Balaban J connectivity index is 1.47. The Morgan fingerprint density at radius 1 is 1.14 bits per heavy atom. The molecule has 3 aromatic rings. The molecular weight excluding hydrogens is 356 g/mol. The maximum absolute atomic E-state index is 12.5. The van der Waals surface area contributed by atoms with Gasteiger partial charge in [-0.1, -0.05) is 0 Å². The molecule has 0 saturated carbocycles. The summed E-state index contributed by atoms with van der Waals surface area (Å²) in [5.41, 5.74) is 1.39. The number of rotatable bonds is 6. The maximum atomic E-state index is 12.5. The summed E-state index contributed by atoms with van der Waals surface area (Å²) in [5, 5.41) is 8.15. The van der Waals surface area contributed by atoms with Gasteiger partial charge >= 0.3 is 0 Å². The van der Waals surface area contributed by atoms with Gasteiger partial charge in [0, 0.05) is 18.8 Å². The number of benzene rings is 1. The van der Waals surface area contributed by atoms with Gasteiger partial charge in [-0.2, -0.15) is 5.10 Å². The number of hydrogen-bond acceptors (Lipinski definition) is 6. The van der Waals surface area contributed by atoms with Gasteiger partial charge in [0.1, 0.15) is 24.4 Å². The van der Waals surface area contributed by atoms with Crippen LogP contribution in [-0.4, -0.2) is 45.4 Å². The van der Waals surface area contributed by atoms with E-state index in [9.17, 15) is 4.79 Å². The number of anilines is 2. The Morgan fingerprint density at radius 3 is 2.68 bits per heavy atom. The number of carbonyl (C=O) groups excluding carboxylic acids is 1. The standard InChI is InChI=1S/C20H24N6O2/c1-2-28-16-8-6-15(7-9-16)24-18(27)13-26-20-17(12-23-26)19(21-14-22-20)25-10-4-3-5-11-25/h6-9,12,14H,2-5,10-11,13H2,1H3,(H,24,27). The third-order valence-corrected chi connectivity index (χ3v) is 4.81. The van der Waals surface area contributed by atoms with Crippen molar-refractivity contribution in [3.63, 3.8) is 0 Å². The molecule has 0 atom stereocenters. The van der Waals surface area contributed by atoms with E-state index < -0.39 is 0 Å². The van der Waals surface area contributed by atoms with Crippen molar-refractivity contribution in [1.82, 2.24) is 19.7 Å². The zero-order valence-corrected chi connectivity index (χ0v) is 16.0. The van der Waals surface area contributed by atoms with Crippen molar-refractivity contribution < 1.29 is 9.53 Å². The molecule has 8 nitrogen and oxygen atoms in total. The van der Waals surface area contributed by atoms with Crippen molar-refractivity contribution in [2.45, 2.75) is 32.7 Å². The topological polar surface area (TPSA) is 85.2 Å². The van der Waals surface area contributed by atoms with E-state index in [1.165, 1.54) is 19.3 Å². The van der Waals surface area contributed by atoms with Crippen LogP contribution in [0, 0.1) is 0 Å². The lowest BCUT2D eigenvalue weighted by Crippen LogP contribution is -2.30. The number of carbonyl (C=O) groups is 1. The van der Waals surface area contributed by atoms with Crippen LogP contribution in [0.4, 0.5) is 11.5 Å². The zero-order chi connectivity index (χ0) is 19.3. The second-order valence-corrected chi connectivity index (χ2v) is 6.79. The summed E-state index contributed by atoms with van der Waals surface area (Å²) in [7, 11) is 0. The van der Waals surface area contributed by atoms with E-state index in [0.29, 0.717) is 17.9 Å². The molecule has 0 radical (unpaired) electrons. The Hall–Kier alpha value is -3.16. The first-order chi connectivity index (χ1) is 13.7. The molecule has 4 rings (SSSR count). The Kier molecular flexibility index (Phi) is 5.36. The molecule has 0 aliphatic carbocycles. The van der Waals surface area contributed by atoms with E-state index in [1.54, 1.807) is 17.2 Å². The molecule has 146 valence electrons. The Morgan fingerprint density at radius 2 is 1.93 bits per heavy atom. The van der Waals surface area contributed by atoms with Gasteiger partial charge in [0.15, 0.2) is 5.65 Å². The average Bonchev–Trinajstić information content (AvgIpc) is 3.13. The predicted octanol–water partition coefficient (Wildman–Crippen LogP) is 2.85. The summed E-state index contributed by atoms with van der Waals surface area (Å²) in [6.07, 6.45) is 6.90. The molecule has 2 aromatic heterocycles. The molecule has 1 fully saturated rings. The van der Waals surface area contributed by atoms with Crippen LogP contribution in [0.15, 0.2) is 36.8 Å². The van der Waals surface area contributed by atoms with E-state index in [0.717, 1.165) is 30.0 Å². The second-order valence-electron chi connectivity index (χ2n) is 6.79. The molecule has 3 heterocycles. The number of amides is 1. The molecule has 0 spiro atoms. The minimum Gasteiger partial charge on any atom is -0.494 e. The summed E-state index contributed by atoms with van der Waals surface area (Å²) in [4.78, 5) is 23.6. The van der Waals surface area contributed by atoms with Gasteiger partial charge in [0.25, 0.3) is 0 Å². The Labute approximate surface area is 163 Å². The fourth-order valence-corrected chi connectivity index (χ4v) is 3.49. The third kappa shape index (κ3) is 3.90. The lowest BCUT2D eigenvalue weighted by molar-refractivity contribution is -0.116. The number of aromatic nitrogens is 4. The van der Waals surface area contributed by atoms with Gasteiger partial charge in [-0.15, -0.1) is 0 Å². The third-order valence-electron chi connectivity index (χ3n) is 4.81. The lowest BCUT2D eigenvalue weighted by atomic mass is 10.1. The van der Waals surface area contributed by atoms with Gasteiger partial charge in [-0.25, -0.2) is 14.6 Å². The zero-order valence-electron chi connectivity index (χ0n) is 16.0. The van der Waals surface area contributed by atoms with Crippen LogP contribution in [0.3, 0.4) is 0 Å². The van der Waals surface area contributed by atoms with Crippen LogP contribution in [-0.2, 0) is 11.3 Å². The van der Waals surface area contributed by atoms with E-state index in [-0.39, 0.29) is 12.5 Å². The van der Waals surface area contributed by atoms with Crippen molar-refractivity contribution in [2.24, 2.45) is 0 Å². The number of fused-ring (bicyclic) bond motifs is 1. The van der Waals surface area contributed by atoms with Crippen LogP contribution in [0.1, 0.15) is 26.2 Å². The second kappa shape index (κ2) is 8.24. The number of hydrogen-bond donors (Lipinski definition) is 1. The van der Waals surface area contributed by atoms with Crippen LogP contribution in [0.5, 0.6) is 5.75 Å². The Bertz CT molecular complexity index is 947. The van der Waals surface area contributed by atoms with E-state index in [2.05, 4.69) is 25.3 Å². The van der Waals surface area contributed by atoms with Gasteiger partial charge in [0.2, 0.25) is 5.91 Å². The fraction of sp³-hybridized carbons (Fsp3) is 0.400. The van der Waals surface area contributed by atoms with Crippen molar-refractivity contribution in [1.29, 1.82) is 0 Å². The van der Waals surface area contributed by atoms with Gasteiger partial charge in [-0.05, 0) is 50.5 Å². The molecule has 1 aliphatic heterocycles. The summed E-state index contributed by atoms with van der Waals surface area (Å²) < 4.78 is 7.03. The molecule has 1 saturated heterocycles. The minimum absolute atomic E-state index is 0.0904. The predicted molar refractivity (Wildman–Crippen MR) is 108 cm³/mol. The van der Waals surface area contributed by atoms with Crippen LogP contribution in [0.25, 0.3) is 11.0 Å². The number of nitrogens with zero attached hydrogens (tertiary/aromatic N) is 5. The van der Waals surface area contributed by atoms with Crippen molar-refractivity contribution in [3.05, 3.63) is 36.8 Å². The largest absolute Gasteiger partial charge is 0.494 e. The molecule has 1 amide bonds. The summed E-state index contributed by atoms with van der Waals surface area (Å²) in [5.74, 6) is 1.52. The van der Waals surface area contributed by atoms with E-state index >= 15 is 0 Å². The van der Waals surface area contributed by atoms with Crippen molar-refractivity contribution in [2.75, 3.05) is 29.9 Å². The monoisotopic (exact) mass is 380 g/mol. The molecular formula is C20H24N6O2. The van der Waals surface area contributed by atoms with Gasteiger partial charge in [0.05, 0.1) is 18.2 Å². The lowest BCUT2D eigenvalue weighted by Gasteiger charge is -2.27. The maximum Gasteiger partial charge on any atom is 0.246 e. The van der Waals surface area contributed by atoms with E-state index in [1.807, 2.05) is 31.2 Å². The molecule has 0 bridgehead atoms. The smallest absolute Gasteiger partial charge is 0.246 e. The first-order valence-corrected chi connectivity index (χ1v) is 9.69. The molecule has 0 unspecified atom stereocenters. The highest BCUT2D eigenvalue weighted by Crippen LogP contribution is 2.25. The van der Waals surface area contributed by atoms with Gasteiger partial charge < -0.3 is 15.0 Å². The van der Waals surface area contributed by atoms with Crippen molar-refractivity contribution in [3.8, 4) is 5.75 Å². The fourth-order valence-electron chi connectivity index (χ4n) is 3.49. The van der Waals surface area contributed by atoms with Crippen LogP contribution in [0.2, 0.25) is 0 Å². The number of piperidine rings is 1. The minimum atomic E-state index is -0.160. The van der Waals surface area contributed by atoms with Crippen LogP contribution >= 0.6 is 0 Å². The van der Waals surface area contributed by atoms with Crippen LogP contribution < -0.4 is 15.0 Å². The molecule has 1 N–H and O–H groups in total. The number of nitrogens with one attached hydrogen (secondary N) is 1. The van der Waals surface area contributed by atoms with E-state index in [4.69, 9.17) is 4.74 Å². The first kappa shape index (κ1) is 18.2. The highest BCUT2D eigenvalue weighted by atomic mass is 16.5. The summed E-state index contributed by atoms with van der Waals surface area (Å²) in [6, 6.07) is 7.31. The molecule has 1 aromatic carbocycles. The summed E-state index contributed by atoms with van der Waals surface area (Å²) >= 11 is 0. The molecule has 8 heteroatoms. The highest BCUT2D eigenvalue weighted by Gasteiger charge is 2.18. The summed E-state index contributed by atoms with van der Waals surface area (Å²) in [6.45, 7) is 4.63.